The van der Waals surface area contributed by atoms with Crippen molar-refractivity contribution in [3.05, 3.63) is 76.4 Å². The van der Waals surface area contributed by atoms with E-state index in [9.17, 15) is 14.4 Å². The molecule has 0 saturated heterocycles. The van der Waals surface area contributed by atoms with E-state index in [0.717, 1.165) is 0 Å². The van der Waals surface area contributed by atoms with Gasteiger partial charge in [0.2, 0.25) is 0 Å². The topological polar surface area (TPSA) is 95.5 Å². The van der Waals surface area contributed by atoms with Crippen LogP contribution in [-0.4, -0.2) is 29.4 Å². The summed E-state index contributed by atoms with van der Waals surface area (Å²) in [5.74, 6) is -1.85. The first-order chi connectivity index (χ1) is 13.0. The molecule has 0 spiro atoms. The van der Waals surface area contributed by atoms with E-state index in [1.165, 1.54) is 6.08 Å². The molecule has 0 saturated carbocycles. The minimum absolute atomic E-state index is 0.0487. The smallest absolute Gasteiger partial charge is 0.303 e. The van der Waals surface area contributed by atoms with Gasteiger partial charge in [-0.2, -0.15) is 0 Å². The van der Waals surface area contributed by atoms with E-state index in [-0.39, 0.29) is 18.7 Å². The lowest BCUT2D eigenvalue weighted by Crippen LogP contribution is -2.35. The second-order valence-corrected chi connectivity index (χ2v) is 6.12. The molecule has 0 aliphatic carbocycles. The van der Waals surface area contributed by atoms with Gasteiger partial charge in [-0.1, -0.05) is 41.9 Å². The van der Waals surface area contributed by atoms with Crippen molar-refractivity contribution in [2.24, 2.45) is 0 Å². The molecule has 2 aromatic carbocycles. The highest BCUT2D eigenvalue weighted by Crippen LogP contribution is 2.12. The van der Waals surface area contributed by atoms with E-state index in [0.29, 0.717) is 22.6 Å². The van der Waals surface area contributed by atoms with Gasteiger partial charge < -0.3 is 15.7 Å². The molecule has 0 bridgehead atoms. The van der Waals surface area contributed by atoms with Gasteiger partial charge in [0, 0.05) is 23.6 Å². The van der Waals surface area contributed by atoms with Crippen molar-refractivity contribution in [2.75, 3.05) is 6.54 Å². The van der Waals surface area contributed by atoms with Gasteiger partial charge in [-0.15, -0.1) is 0 Å². The summed E-state index contributed by atoms with van der Waals surface area (Å²) in [5.41, 5.74) is 1.16. The minimum atomic E-state index is -0.932. The largest absolute Gasteiger partial charge is 0.481 e. The minimum Gasteiger partial charge on any atom is -0.481 e. The number of carboxylic acid groups (broad SMARTS) is 1. The summed E-state index contributed by atoms with van der Waals surface area (Å²) in [6.07, 6.45) is 1.78. The Labute approximate surface area is 161 Å². The van der Waals surface area contributed by atoms with Crippen molar-refractivity contribution in [1.82, 2.24) is 10.6 Å². The summed E-state index contributed by atoms with van der Waals surface area (Å²) < 4.78 is 0. The quantitative estimate of drug-likeness (QED) is 0.480. The average molecular weight is 387 g/mol. The summed E-state index contributed by atoms with van der Waals surface area (Å²) in [5, 5.41) is 14.4. The van der Waals surface area contributed by atoms with Gasteiger partial charge in [-0.3, -0.25) is 14.4 Å². The molecule has 0 aromatic heterocycles. The first-order valence-electron chi connectivity index (χ1n) is 8.29. The highest BCUT2D eigenvalue weighted by molar-refractivity contribution is 6.30. The van der Waals surface area contributed by atoms with Crippen LogP contribution in [-0.2, 0) is 9.59 Å². The number of carboxylic acids is 1. The Hall–Kier alpha value is -3.12. The second-order valence-electron chi connectivity index (χ2n) is 5.68. The van der Waals surface area contributed by atoms with Crippen LogP contribution in [0.1, 0.15) is 28.8 Å². The molecule has 27 heavy (non-hydrogen) atoms. The van der Waals surface area contributed by atoms with Gasteiger partial charge in [0.25, 0.3) is 11.8 Å². The Balaban J connectivity index is 2.14. The summed E-state index contributed by atoms with van der Waals surface area (Å²) in [6, 6.07) is 15.3. The SMILES string of the molecule is O=C(O)CCCNC(=O)/C(=C\c1ccc(Cl)cc1)NC(=O)c1ccccc1. The van der Waals surface area contributed by atoms with Gasteiger partial charge in [-0.05, 0) is 42.3 Å². The number of aliphatic carboxylic acids is 1. The van der Waals surface area contributed by atoms with Crippen molar-refractivity contribution in [3.8, 4) is 0 Å². The van der Waals surface area contributed by atoms with Gasteiger partial charge in [0.05, 0.1) is 0 Å². The molecular weight excluding hydrogens is 368 g/mol. The second kappa shape index (κ2) is 10.1. The van der Waals surface area contributed by atoms with Crippen molar-refractivity contribution >= 4 is 35.5 Å². The zero-order valence-corrected chi connectivity index (χ0v) is 15.2. The normalized spacial score (nSPS) is 10.9. The lowest BCUT2D eigenvalue weighted by Gasteiger charge is -2.11. The maximum Gasteiger partial charge on any atom is 0.303 e. The number of carbonyl (C=O) groups is 3. The number of nitrogens with one attached hydrogen (secondary N) is 2. The Kier molecular flexibility index (Phi) is 7.58. The molecule has 0 radical (unpaired) electrons. The predicted molar refractivity (Wildman–Crippen MR) is 103 cm³/mol. The van der Waals surface area contributed by atoms with Gasteiger partial charge in [0.1, 0.15) is 5.70 Å². The van der Waals surface area contributed by atoms with E-state index in [2.05, 4.69) is 10.6 Å². The molecule has 2 amide bonds. The summed E-state index contributed by atoms with van der Waals surface area (Å²) in [4.78, 5) is 35.4. The molecule has 2 rings (SSSR count). The fourth-order valence-electron chi connectivity index (χ4n) is 2.20. The molecule has 2 aromatic rings. The van der Waals surface area contributed by atoms with Crippen LogP contribution in [0.2, 0.25) is 5.02 Å². The van der Waals surface area contributed by atoms with E-state index in [1.807, 2.05) is 0 Å². The molecule has 0 fully saturated rings. The van der Waals surface area contributed by atoms with Crippen molar-refractivity contribution in [2.45, 2.75) is 12.8 Å². The van der Waals surface area contributed by atoms with Crippen LogP contribution in [0.3, 0.4) is 0 Å². The third-order valence-corrected chi connectivity index (χ3v) is 3.81. The number of rotatable bonds is 8. The maximum atomic E-state index is 12.5. The number of halogens is 1. The van der Waals surface area contributed by atoms with E-state index in [4.69, 9.17) is 16.7 Å². The molecule has 6 nitrogen and oxygen atoms in total. The Morgan fingerprint density at radius 2 is 1.67 bits per heavy atom. The zero-order chi connectivity index (χ0) is 19.6. The molecule has 7 heteroatoms. The standard InChI is InChI=1S/C20H19ClN2O4/c21-16-10-8-14(9-11-16)13-17(20(27)22-12-4-7-18(24)25)23-19(26)15-5-2-1-3-6-15/h1-3,5-6,8-11,13H,4,7,12H2,(H,22,27)(H,23,26)(H,24,25)/b17-13+. The molecule has 0 unspecified atom stereocenters. The fraction of sp³-hybridized carbons (Fsp3) is 0.150. The Morgan fingerprint density at radius 1 is 1.00 bits per heavy atom. The average Bonchev–Trinajstić information content (AvgIpc) is 2.66. The summed E-state index contributed by atoms with van der Waals surface area (Å²) in [7, 11) is 0. The van der Waals surface area contributed by atoms with E-state index < -0.39 is 17.8 Å². The van der Waals surface area contributed by atoms with Gasteiger partial charge in [-0.25, -0.2) is 0 Å². The predicted octanol–water partition coefficient (Wildman–Crippen LogP) is 3.09. The van der Waals surface area contributed by atoms with Crippen LogP contribution < -0.4 is 10.6 Å². The van der Waals surface area contributed by atoms with Crippen molar-refractivity contribution in [1.29, 1.82) is 0 Å². The van der Waals surface area contributed by atoms with Gasteiger partial charge in [0.15, 0.2) is 0 Å². The van der Waals surface area contributed by atoms with Crippen molar-refractivity contribution in [3.63, 3.8) is 0 Å². The monoisotopic (exact) mass is 386 g/mol. The number of hydrogen-bond acceptors (Lipinski definition) is 3. The molecule has 0 aliphatic heterocycles. The molecule has 3 N–H and O–H groups in total. The Morgan fingerprint density at radius 3 is 2.30 bits per heavy atom. The van der Waals surface area contributed by atoms with Crippen LogP contribution in [0.5, 0.6) is 0 Å². The third kappa shape index (κ3) is 6.95. The molecule has 0 aliphatic rings. The van der Waals surface area contributed by atoms with Crippen LogP contribution in [0, 0.1) is 0 Å². The van der Waals surface area contributed by atoms with Crippen LogP contribution in [0.25, 0.3) is 6.08 Å². The van der Waals surface area contributed by atoms with Crippen LogP contribution in [0.4, 0.5) is 0 Å². The fourth-order valence-corrected chi connectivity index (χ4v) is 2.33. The number of amides is 2. The molecule has 0 heterocycles. The van der Waals surface area contributed by atoms with E-state index in [1.54, 1.807) is 54.6 Å². The first kappa shape index (κ1) is 20.2. The molecular formula is C20H19ClN2O4. The zero-order valence-electron chi connectivity index (χ0n) is 14.4. The third-order valence-electron chi connectivity index (χ3n) is 3.56. The lowest BCUT2D eigenvalue weighted by atomic mass is 10.1. The number of hydrogen-bond donors (Lipinski definition) is 3. The highest BCUT2D eigenvalue weighted by atomic mass is 35.5. The maximum absolute atomic E-state index is 12.5. The Bertz CT molecular complexity index is 833. The highest BCUT2D eigenvalue weighted by Gasteiger charge is 2.14. The van der Waals surface area contributed by atoms with Crippen LogP contribution >= 0.6 is 11.6 Å². The van der Waals surface area contributed by atoms with Crippen LogP contribution in [0.15, 0.2) is 60.3 Å². The number of carbonyl (C=O) groups excluding carboxylic acids is 2. The lowest BCUT2D eigenvalue weighted by molar-refractivity contribution is -0.137. The summed E-state index contributed by atoms with van der Waals surface area (Å²) >= 11 is 5.87. The van der Waals surface area contributed by atoms with Gasteiger partial charge >= 0.3 is 5.97 Å². The first-order valence-corrected chi connectivity index (χ1v) is 8.67. The molecule has 0 atom stereocenters. The van der Waals surface area contributed by atoms with Crippen molar-refractivity contribution < 1.29 is 19.5 Å². The number of benzene rings is 2. The summed E-state index contributed by atoms with van der Waals surface area (Å²) in [6.45, 7) is 0.185. The van der Waals surface area contributed by atoms with E-state index >= 15 is 0 Å². The molecule has 140 valence electrons.